The van der Waals surface area contributed by atoms with Crippen LogP contribution < -0.4 is 5.32 Å². The highest BCUT2D eigenvalue weighted by Crippen LogP contribution is 2.28. The molecule has 0 bridgehead atoms. The number of aryl methyl sites for hydroxylation is 1. The first-order chi connectivity index (χ1) is 13.6. The minimum Gasteiger partial charge on any atom is -0.323 e. The summed E-state index contributed by atoms with van der Waals surface area (Å²) in [6.45, 7) is 1.89. The van der Waals surface area contributed by atoms with Crippen LogP contribution in [0.25, 0.3) is 0 Å². The van der Waals surface area contributed by atoms with Crippen molar-refractivity contribution >= 4 is 49.2 Å². The van der Waals surface area contributed by atoms with E-state index in [4.69, 9.17) is 0 Å². The third kappa shape index (κ3) is 4.56. The van der Waals surface area contributed by atoms with Gasteiger partial charge in [0.2, 0.25) is 5.91 Å². The number of hydrogen-bond acceptors (Lipinski definition) is 5. The quantitative estimate of drug-likeness (QED) is 0.643. The molecule has 0 unspecified atom stereocenters. The first-order valence-electron chi connectivity index (χ1n) is 8.80. The second-order valence-electron chi connectivity index (χ2n) is 6.93. The van der Waals surface area contributed by atoms with E-state index in [9.17, 15) is 22.8 Å². The molecule has 0 fully saturated rings. The van der Waals surface area contributed by atoms with E-state index < -0.39 is 33.6 Å². The van der Waals surface area contributed by atoms with Gasteiger partial charge in [-0.15, -0.1) is 0 Å². The first kappa shape index (κ1) is 21.2. The molecule has 1 N–H and O–H groups in total. The molecular weight excluding hydrogens is 460 g/mol. The van der Waals surface area contributed by atoms with Gasteiger partial charge >= 0.3 is 0 Å². The van der Waals surface area contributed by atoms with Gasteiger partial charge in [-0.05, 0) is 59.1 Å². The van der Waals surface area contributed by atoms with Crippen LogP contribution in [0.15, 0.2) is 46.9 Å². The molecule has 0 radical (unpaired) electrons. The number of rotatable bonds is 6. The lowest BCUT2D eigenvalue weighted by Gasteiger charge is -2.25. The standard InChI is InChI=1S/C20H19BrN2O5S/c1-12-7-8-16(15(21)11-12)22-18(24)17(9-10-29(2,27)28)23-19(25)13-5-3-4-6-14(13)20(23)26/h3-8,11,17H,9-10H2,1-2H3,(H,22,24)/t17-/m1/s1. The largest absolute Gasteiger partial charge is 0.323 e. The molecule has 0 spiro atoms. The summed E-state index contributed by atoms with van der Waals surface area (Å²) in [4.78, 5) is 39.5. The Hall–Kier alpha value is -2.52. The molecule has 0 aromatic heterocycles. The Kier molecular flexibility index (Phi) is 5.90. The highest BCUT2D eigenvalue weighted by atomic mass is 79.9. The number of carbonyl (C=O) groups excluding carboxylic acids is 3. The molecular formula is C20H19BrN2O5S. The van der Waals surface area contributed by atoms with Crippen LogP contribution in [0.1, 0.15) is 32.7 Å². The van der Waals surface area contributed by atoms with Crippen LogP contribution in [-0.4, -0.2) is 49.1 Å². The van der Waals surface area contributed by atoms with Crippen LogP contribution in [-0.2, 0) is 14.6 Å². The molecule has 1 aliphatic rings. The monoisotopic (exact) mass is 478 g/mol. The molecule has 1 heterocycles. The highest BCUT2D eigenvalue weighted by molar-refractivity contribution is 9.10. The van der Waals surface area contributed by atoms with Gasteiger partial charge in [0.15, 0.2) is 0 Å². The van der Waals surface area contributed by atoms with Crippen LogP contribution in [0, 0.1) is 6.92 Å². The molecule has 3 rings (SSSR count). The number of sulfone groups is 1. The van der Waals surface area contributed by atoms with Crippen molar-refractivity contribution in [1.29, 1.82) is 0 Å². The molecule has 152 valence electrons. The van der Waals surface area contributed by atoms with Crippen LogP contribution in [0.3, 0.4) is 0 Å². The number of benzene rings is 2. The fraction of sp³-hybridized carbons (Fsp3) is 0.250. The fourth-order valence-electron chi connectivity index (χ4n) is 3.13. The van der Waals surface area contributed by atoms with Crippen molar-refractivity contribution in [2.24, 2.45) is 0 Å². The van der Waals surface area contributed by atoms with Crippen molar-refractivity contribution in [3.8, 4) is 0 Å². The van der Waals surface area contributed by atoms with Gasteiger partial charge in [-0.25, -0.2) is 8.42 Å². The second-order valence-corrected chi connectivity index (χ2v) is 10.0. The maximum absolute atomic E-state index is 13.0. The molecule has 3 amide bonds. The molecule has 2 aromatic rings. The Morgan fingerprint density at radius 1 is 1.10 bits per heavy atom. The molecule has 0 aliphatic carbocycles. The first-order valence-corrected chi connectivity index (χ1v) is 11.7. The van der Waals surface area contributed by atoms with Gasteiger partial charge in [-0.3, -0.25) is 19.3 Å². The molecule has 1 atom stereocenters. The van der Waals surface area contributed by atoms with Crippen molar-refractivity contribution in [1.82, 2.24) is 4.90 Å². The summed E-state index contributed by atoms with van der Waals surface area (Å²) in [5.74, 6) is -2.19. The maximum atomic E-state index is 13.0. The Balaban J connectivity index is 1.93. The fourth-order valence-corrected chi connectivity index (χ4v) is 4.38. The number of halogens is 1. The van der Waals surface area contributed by atoms with Crippen molar-refractivity contribution in [3.05, 3.63) is 63.6 Å². The Bertz CT molecular complexity index is 1080. The maximum Gasteiger partial charge on any atom is 0.262 e. The number of amides is 3. The zero-order valence-corrected chi connectivity index (χ0v) is 18.2. The van der Waals surface area contributed by atoms with Crippen molar-refractivity contribution in [3.63, 3.8) is 0 Å². The second kappa shape index (κ2) is 8.08. The summed E-state index contributed by atoms with van der Waals surface area (Å²) < 4.78 is 24.0. The van der Waals surface area contributed by atoms with E-state index in [0.29, 0.717) is 10.2 Å². The zero-order chi connectivity index (χ0) is 21.3. The predicted molar refractivity (Wildman–Crippen MR) is 113 cm³/mol. The smallest absolute Gasteiger partial charge is 0.262 e. The van der Waals surface area contributed by atoms with Crippen LogP contribution in [0.4, 0.5) is 5.69 Å². The molecule has 29 heavy (non-hydrogen) atoms. The van der Waals surface area contributed by atoms with E-state index >= 15 is 0 Å². The summed E-state index contributed by atoms with van der Waals surface area (Å²) in [7, 11) is -3.41. The predicted octanol–water partition coefficient (Wildman–Crippen LogP) is 2.80. The normalized spacial score (nSPS) is 14.7. The lowest BCUT2D eigenvalue weighted by atomic mass is 10.1. The van der Waals surface area contributed by atoms with Crippen LogP contribution in [0.2, 0.25) is 0 Å². The molecule has 7 nitrogen and oxygen atoms in total. The zero-order valence-electron chi connectivity index (χ0n) is 15.8. The van der Waals surface area contributed by atoms with E-state index in [0.717, 1.165) is 16.7 Å². The van der Waals surface area contributed by atoms with Gasteiger partial charge < -0.3 is 5.32 Å². The minimum atomic E-state index is -3.41. The Labute approximate surface area is 177 Å². The molecule has 0 saturated carbocycles. The van der Waals surface area contributed by atoms with E-state index in [-0.39, 0.29) is 23.3 Å². The van der Waals surface area contributed by atoms with Crippen LogP contribution >= 0.6 is 15.9 Å². The third-order valence-electron chi connectivity index (χ3n) is 4.58. The lowest BCUT2D eigenvalue weighted by Crippen LogP contribution is -2.48. The Morgan fingerprint density at radius 3 is 2.21 bits per heavy atom. The van der Waals surface area contributed by atoms with Gasteiger partial charge in [-0.1, -0.05) is 18.2 Å². The SMILES string of the molecule is Cc1ccc(NC(=O)[C@@H](CCS(C)(=O)=O)N2C(=O)c3ccccc3C2=O)c(Br)c1. The van der Waals surface area contributed by atoms with Crippen LogP contribution in [0.5, 0.6) is 0 Å². The summed E-state index contributed by atoms with van der Waals surface area (Å²) in [6, 6.07) is 10.3. The van der Waals surface area contributed by atoms with Gasteiger partial charge in [0.05, 0.1) is 22.6 Å². The van der Waals surface area contributed by atoms with Crippen molar-refractivity contribution in [2.45, 2.75) is 19.4 Å². The molecule has 2 aromatic carbocycles. The van der Waals surface area contributed by atoms with Gasteiger partial charge in [0.1, 0.15) is 15.9 Å². The number of hydrogen-bond donors (Lipinski definition) is 1. The summed E-state index contributed by atoms with van der Waals surface area (Å²) in [5.41, 5.74) is 1.84. The number of anilines is 1. The molecule has 0 saturated heterocycles. The van der Waals surface area contributed by atoms with E-state index in [2.05, 4.69) is 21.2 Å². The van der Waals surface area contributed by atoms with Gasteiger partial charge in [0.25, 0.3) is 11.8 Å². The van der Waals surface area contributed by atoms with Gasteiger partial charge in [0, 0.05) is 10.7 Å². The summed E-state index contributed by atoms with van der Waals surface area (Å²) in [6.07, 6.45) is 0.848. The number of nitrogens with zero attached hydrogens (tertiary/aromatic N) is 1. The van der Waals surface area contributed by atoms with Crippen molar-refractivity contribution < 1.29 is 22.8 Å². The summed E-state index contributed by atoms with van der Waals surface area (Å²) in [5, 5.41) is 2.69. The van der Waals surface area contributed by atoms with E-state index in [1.807, 2.05) is 13.0 Å². The van der Waals surface area contributed by atoms with Gasteiger partial charge in [-0.2, -0.15) is 0 Å². The number of fused-ring (bicyclic) bond motifs is 1. The van der Waals surface area contributed by atoms with E-state index in [1.54, 1.807) is 24.3 Å². The van der Waals surface area contributed by atoms with E-state index in [1.165, 1.54) is 12.1 Å². The number of carbonyl (C=O) groups is 3. The lowest BCUT2D eigenvalue weighted by molar-refractivity contribution is -0.120. The number of nitrogens with one attached hydrogen (secondary N) is 1. The highest BCUT2D eigenvalue weighted by Gasteiger charge is 2.42. The third-order valence-corrected chi connectivity index (χ3v) is 6.22. The average molecular weight is 479 g/mol. The number of imide groups is 1. The minimum absolute atomic E-state index is 0.195. The molecule has 1 aliphatic heterocycles. The topological polar surface area (TPSA) is 101 Å². The summed E-state index contributed by atoms with van der Waals surface area (Å²) >= 11 is 3.37. The van der Waals surface area contributed by atoms with Crippen molar-refractivity contribution in [2.75, 3.05) is 17.3 Å². The molecule has 9 heteroatoms. The average Bonchev–Trinajstić information content (AvgIpc) is 2.89. The Morgan fingerprint density at radius 2 is 1.69 bits per heavy atom.